The zero-order chi connectivity index (χ0) is 9.73. The molecule has 0 aromatic heterocycles. The van der Waals surface area contributed by atoms with Gasteiger partial charge in [-0.05, 0) is 24.8 Å². The highest BCUT2D eigenvalue weighted by Crippen LogP contribution is 2.38. The summed E-state index contributed by atoms with van der Waals surface area (Å²) in [7, 11) is 1.44. The van der Waals surface area contributed by atoms with Crippen LogP contribution in [-0.4, -0.2) is 19.6 Å². The number of carbonyl (C=O) groups excluding carboxylic acids is 1. The van der Waals surface area contributed by atoms with Crippen molar-refractivity contribution in [2.75, 3.05) is 13.7 Å². The first-order valence-corrected chi connectivity index (χ1v) is 4.99. The molecule has 4 heteroatoms. The van der Waals surface area contributed by atoms with Gasteiger partial charge < -0.3 is 10.5 Å². The fraction of sp³-hybridized carbons (Fsp3) is 0.900. The van der Waals surface area contributed by atoms with E-state index in [9.17, 15) is 4.79 Å². The van der Waals surface area contributed by atoms with E-state index in [1.54, 1.807) is 0 Å². The van der Waals surface area contributed by atoms with Gasteiger partial charge in [-0.25, -0.2) is 0 Å². The SMILES string of the molecule is COC(=O)CC1(CN)CCCCC1.Cl. The van der Waals surface area contributed by atoms with E-state index >= 15 is 0 Å². The Morgan fingerprint density at radius 2 is 1.93 bits per heavy atom. The Bertz CT molecular complexity index is 179. The van der Waals surface area contributed by atoms with Crippen molar-refractivity contribution in [2.24, 2.45) is 11.1 Å². The zero-order valence-electron chi connectivity index (χ0n) is 8.75. The van der Waals surface area contributed by atoms with Crippen LogP contribution in [0.25, 0.3) is 0 Å². The van der Waals surface area contributed by atoms with Crippen LogP contribution in [0.5, 0.6) is 0 Å². The van der Waals surface area contributed by atoms with Gasteiger partial charge in [-0.2, -0.15) is 0 Å². The highest BCUT2D eigenvalue weighted by Gasteiger charge is 2.33. The second-order valence-electron chi connectivity index (χ2n) is 4.02. The van der Waals surface area contributed by atoms with Crippen LogP contribution in [0.1, 0.15) is 38.5 Å². The van der Waals surface area contributed by atoms with Crippen molar-refractivity contribution in [1.29, 1.82) is 0 Å². The van der Waals surface area contributed by atoms with Crippen LogP contribution < -0.4 is 5.73 Å². The molecule has 0 aliphatic heterocycles. The molecule has 0 unspecified atom stereocenters. The summed E-state index contributed by atoms with van der Waals surface area (Å²) >= 11 is 0. The van der Waals surface area contributed by atoms with Crippen LogP contribution >= 0.6 is 12.4 Å². The Kier molecular flexibility index (Phi) is 6.12. The van der Waals surface area contributed by atoms with Crippen molar-refractivity contribution in [1.82, 2.24) is 0 Å². The summed E-state index contributed by atoms with van der Waals surface area (Å²) in [6.45, 7) is 0.613. The third-order valence-electron chi connectivity index (χ3n) is 3.09. The lowest BCUT2D eigenvalue weighted by Gasteiger charge is -2.35. The van der Waals surface area contributed by atoms with Gasteiger partial charge in [0.15, 0.2) is 0 Å². The molecule has 3 nitrogen and oxygen atoms in total. The molecule has 1 rings (SSSR count). The maximum absolute atomic E-state index is 11.2. The highest BCUT2D eigenvalue weighted by molar-refractivity contribution is 5.85. The Hall–Kier alpha value is -0.280. The van der Waals surface area contributed by atoms with E-state index in [0.29, 0.717) is 13.0 Å². The molecule has 84 valence electrons. The number of ether oxygens (including phenoxy) is 1. The second kappa shape index (κ2) is 6.25. The predicted molar refractivity (Wildman–Crippen MR) is 58.5 cm³/mol. The third kappa shape index (κ3) is 3.46. The number of rotatable bonds is 3. The van der Waals surface area contributed by atoms with E-state index in [2.05, 4.69) is 4.74 Å². The molecule has 1 fully saturated rings. The van der Waals surface area contributed by atoms with Crippen LogP contribution in [0, 0.1) is 5.41 Å². The van der Waals surface area contributed by atoms with Crippen molar-refractivity contribution in [3.05, 3.63) is 0 Å². The highest BCUT2D eigenvalue weighted by atomic mass is 35.5. The minimum absolute atomic E-state index is 0. The topological polar surface area (TPSA) is 52.3 Å². The fourth-order valence-electron chi connectivity index (χ4n) is 2.13. The summed E-state index contributed by atoms with van der Waals surface area (Å²) in [6, 6.07) is 0. The maximum Gasteiger partial charge on any atom is 0.306 e. The Labute approximate surface area is 91.8 Å². The van der Waals surface area contributed by atoms with Crippen molar-refractivity contribution < 1.29 is 9.53 Å². The number of esters is 1. The number of hydrogen-bond donors (Lipinski definition) is 1. The largest absolute Gasteiger partial charge is 0.469 e. The van der Waals surface area contributed by atoms with Gasteiger partial charge in [0.2, 0.25) is 0 Å². The minimum atomic E-state index is -0.118. The molecule has 2 N–H and O–H groups in total. The average Bonchev–Trinajstić information content (AvgIpc) is 2.19. The molecule has 0 spiro atoms. The maximum atomic E-state index is 11.2. The first-order chi connectivity index (χ1) is 6.22. The molecule has 0 radical (unpaired) electrons. The molecule has 0 heterocycles. The van der Waals surface area contributed by atoms with Crippen LogP contribution in [0.3, 0.4) is 0 Å². The molecular formula is C10H20ClNO2. The van der Waals surface area contributed by atoms with Gasteiger partial charge >= 0.3 is 5.97 Å². The van der Waals surface area contributed by atoms with Crippen molar-refractivity contribution in [3.8, 4) is 0 Å². The molecule has 0 atom stereocenters. The lowest BCUT2D eigenvalue weighted by Crippen LogP contribution is -2.35. The molecule has 0 aromatic rings. The number of methoxy groups -OCH3 is 1. The van der Waals surface area contributed by atoms with Gasteiger partial charge in [-0.1, -0.05) is 19.3 Å². The summed E-state index contributed by atoms with van der Waals surface area (Å²) in [5, 5.41) is 0. The van der Waals surface area contributed by atoms with Crippen LogP contribution in [0.15, 0.2) is 0 Å². The Balaban J connectivity index is 0.00000169. The summed E-state index contributed by atoms with van der Waals surface area (Å²) in [6.07, 6.45) is 6.35. The van der Waals surface area contributed by atoms with Crippen molar-refractivity contribution >= 4 is 18.4 Å². The normalized spacial score (nSPS) is 19.6. The monoisotopic (exact) mass is 221 g/mol. The van der Waals surface area contributed by atoms with Crippen molar-refractivity contribution in [3.63, 3.8) is 0 Å². The van der Waals surface area contributed by atoms with E-state index < -0.39 is 0 Å². The fourth-order valence-corrected chi connectivity index (χ4v) is 2.13. The summed E-state index contributed by atoms with van der Waals surface area (Å²) in [5.41, 5.74) is 5.78. The summed E-state index contributed by atoms with van der Waals surface area (Å²) in [5.74, 6) is -0.118. The van der Waals surface area contributed by atoms with Gasteiger partial charge in [0, 0.05) is 0 Å². The summed E-state index contributed by atoms with van der Waals surface area (Å²) < 4.78 is 4.69. The Morgan fingerprint density at radius 1 is 1.36 bits per heavy atom. The Morgan fingerprint density at radius 3 is 2.36 bits per heavy atom. The predicted octanol–water partition coefficient (Wildman–Crippen LogP) is 1.88. The number of hydrogen-bond acceptors (Lipinski definition) is 3. The smallest absolute Gasteiger partial charge is 0.306 e. The molecule has 0 aromatic carbocycles. The molecule has 1 aliphatic rings. The minimum Gasteiger partial charge on any atom is -0.469 e. The summed E-state index contributed by atoms with van der Waals surface area (Å²) in [4.78, 5) is 11.2. The molecule has 1 aliphatic carbocycles. The van der Waals surface area contributed by atoms with Crippen molar-refractivity contribution in [2.45, 2.75) is 38.5 Å². The lowest BCUT2D eigenvalue weighted by molar-refractivity contribution is -0.143. The molecular weight excluding hydrogens is 202 g/mol. The number of carbonyl (C=O) groups is 1. The van der Waals surface area contributed by atoms with Gasteiger partial charge in [0.05, 0.1) is 13.5 Å². The number of halogens is 1. The van der Waals surface area contributed by atoms with Gasteiger partial charge in [-0.3, -0.25) is 4.79 Å². The van der Waals surface area contributed by atoms with Crippen LogP contribution in [0.2, 0.25) is 0 Å². The van der Waals surface area contributed by atoms with E-state index in [1.807, 2.05) is 0 Å². The zero-order valence-corrected chi connectivity index (χ0v) is 9.57. The van der Waals surface area contributed by atoms with Gasteiger partial charge in [0.1, 0.15) is 0 Å². The van der Waals surface area contributed by atoms with E-state index in [0.717, 1.165) is 12.8 Å². The molecule has 0 saturated heterocycles. The van der Waals surface area contributed by atoms with E-state index in [4.69, 9.17) is 5.73 Å². The third-order valence-corrected chi connectivity index (χ3v) is 3.09. The molecule has 0 amide bonds. The molecule has 1 saturated carbocycles. The quantitative estimate of drug-likeness (QED) is 0.741. The van der Waals surface area contributed by atoms with Gasteiger partial charge in [0.25, 0.3) is 0 Å². The average molecular weight is 222 g/mol. The lowest BCUT2D eigenvalue weighted by atomic mass is 9.72. The van der Waals surface area contributed by atoms with Crippen LogP contribution in [0.4, 0.5) is 0 Å². The van der Waals surface area contributed by atoms with E-state index in [1.165, 1.54) is 26.4 Å². The van der Waals surface area contributed by atoms with E-state index in [-0.39, 0.29) is 23.8 Å². The standard InChI is InChI=1S/C10H19NO2.ClH/c1-13-9(12)7-10(8-11)5-3-2-4-6-10;/h2-8,11H2,1H3;1H. The first-order valence-electron chi connectivity index (χ1n) is 4.99. The molecule has 0 bridgehead atoms. The van der Waals surface area contributed by atoms with Gasteiger partial charge in [-0.15, -0.1) is 12.4 Å². The van der Waals surface area contributed by atoms with Crippen LogP contribution in [-0.2, 0) is 9.53 Å². The number of nitrogens with two attached hydrogens (primary N) is 1. The second-order valence-corrected chi connectivity index (χ2v) is 4.02. The first kappa shape index (κ1) is 13.7. The molecule has 14 heavy (non-hydrogen) atoms.